The molecule has 2 N–H and O–H groups in total. The van der Waals surface area contributed by atoms with E-state index in [4.69, 9.17) is 4.74 Å². The third-order valence-electron chi connectivity index (χ3n) is 5.56. The zero-order valence-corrected chi connectivity index (χ0v) is 17.6. The molecule has 1 aliphatic rings. The summed E-state index contributed by atoms with van der Waals surface area (Å²) in [4.78, 5) is 19.8. The number of aromatic nitrogens is 5. The van der Waals surface area contributed by atoms with Gasteiger partial charge in [-0.05, 0) is 23.3 Å². The fraction of sp³-hybridized carbons (Fsp3) is 0.304. The first kappa shape index (κ1) is 20.5. The van der Waals surface area contributed by atoms with Gasteiger partial charge in [0.25, 0.3) is 0 Å². The molecule has 1 aromatic carbocycles. The summed E-state index contributed by atoms with van der Waals surface area (Å²) in [5.74, 6) is 0.668. The second-order valence-corrected chi connectivity index (χ2v) is 7.83. The Labute approximate surface area is 185 Å². The Hall–Kier alpha value is -3.40. The van der Waals surface area contributed by atoms with Crippen LogP contribution in [0.3, 0.4) is 0 Å². The van der Waals surface area contributed by atoms with Crippen LogP contribution in [-0.2, 0) is 17.8 Å². The molecule has 4 aromatic rings. The second kappa shape index (κ2) is 9.39. The molecule has 5 rings (SSSR count). The van der Waals surface area contributed by atoms with Gasteiger partial charge < -0.3 is 15.2 Å². The molecule has 0 aliphatic carbocycles. The van der Waals surface area contributed by atoms with Gasteiger partial charge in [0, 0.05) is 38.6 Å². The summed E-state index contributed by atoms with van der Waals surface area (Å²) in [5, 5.41) is 13.1. The number of nitrogens with zero attached hydrogens (tertiary/aromatic N) is 6. The van der Waals surface area contributed by atoms with Crippen LogP contribution in [0.1, 0.15) is 17.4 Å². The lowest BCUT2D eigenvalue weighted by atomic mass is 10.2. The molecule has 1 fully saturated rings. The number of nitrogens with one attached hydrogen (secondary N) is 1. The second-order valence-electron chi connectivity index (χ2n) is 7.83. The molecular weight excluding hydrogens is 406 g/mol. The Bertz CT molecular complexity index is 1150. The number of hydrogen-bond acceptors (Lipinski definition) is 8. The summed E-state index contributed by atoms with van der Waals surface area (Å²) < 4.78 is 8.09. The zero-order valence-electron chi connectivity index (χ0n) is 17.6. The summed E-state index contributed by atoms with van der Waals surface area (Å²) in [6.07, 6.45) is 6.21. The van der Waals surface area contributed by atoms with Gasteiger partial charge in [-0.2, -0.15) is 0 Å². The molecule has 3 aromatic heterocycles. The minimum absolute atomic E-state index is 0.0395. The number of fused-ring (bicyclic) bond motifs is 1. The number of ether oxygens (including phenoxy) is 1. The number of rotatable bonds is 7. The van der Waals surface area contributed by atoms with Crippen molar-refractivity contribution in [3.8, 4) is 0 Å². The van der Waals surface area contributed by atoms with Crippen LogP contribution < -0.4 is 5.32 Å². The van der Waals surface area contributed by atoms with Crippen LogP contribution in [0.2, 0.25) is 0 Å². The lowest BCUT2D eigenvalue weighted by Gasteiger charge is -2.37. The summed E-state index contributed by atoms with van der Waals surface area (Å²) in [6.45, 7) is 2.70. The molecule has 0 bridgehead atoms. The first-order valence-corrected chi connectivity index (χ1v) is 10.6. The molecule has 1 saturated heterocycles. The first-order valence-electron chi connectivity index (χ1n) is 10.6. The van der Waals surface area contributed by atoms with Crippen LogP contribution in [0.4, 0.5) is 5.82 Å². The highest BCUT2D eigenvalue weighted by atomic mass is 16.5. The number of aliphatic hydroxyl groups is 1. The Morgan fingerprint density at radius 3 is 2.66 bits per heavy atom. The van der Waals surface area contributed by atoms with Crippen molar-refractivity contribution < 1.29 is 9.84 Å². The minimum Gasteiger partial charge on any atom is -0.394 e. The average molecular weight is 432 g/mol. The Kier molecular flexibility index (Phi) is 6.02. The lowest BCUT2D eigenvalue weighted by Crippen LogP contribution is -2.46. The molecule has 0 unspecified atom stereocenters. The number of hydrogen-bond donors (Lipinski definition) is 2. The molecule has 164 valence electrons. The first-order chi connectivity index (χ1) is 15.8. The quantitative estimate of drug-likeness (QED) is 0.459. The molecule has 4 heterocycles. The van der Waals surface area contributed by atoms with Gasteiger partial charge in [-0.3, -0.25) is 14.5 Å². The van der Waals surface area contributed by atoms with E-state index >= 15 is 0 Å². The summed E-state index contributed by atoms with van der Waals surface area (Å²) >= 11 is 0. The van der Waals surface area contributed by atoms with Crippen molar-refractivity contribution in [2.75, 3.05) is 25.0 Å². The molecule has 2 atom stereocenters. The van der Waals surface area contributed by atoms with E-state index in [1.807, 2.05) is 34.9 Å². The molecular formula is C23H25N7O2. The van der Waals surface area contributed by atoms with Crippen molar-refractivity contribution in [3.63, 3.8) is 0 Å². The van der Waals surface area contributed by atoms with Gasteiger partial charge in [-0.15, -0.1) is 0 Å². The molecule has 32 heavy (non-hydrogen) atoms. The Morgan fingerprint density at radius 1 is 1.00 bits per heavy atom. The number of anilines is 1. The van der Waals surface area contributed by atoms with Gasteiger partial charge in [0.15, 0.2) is 17.0 Å². The number of aliphatic hydroxyl groups excluding tert-OH is 1. The monoisotopic (exact) mass is 431 g/mol. The maximum Gasteiger partial charge on any atom is 0.167 e. The van der Waals surface area contributed by atoms with E-state index in [9.17, 15) is 5.11 Å². The van der Waals surface area contributed by atoms with Crippen molar-refractivity contribution in [2.24, 2.45) is 0 Å². The normalized spacial score (nSPS) is 19.3. The molecule has 9 heteroatoms. The number of pyridine rings is 1. The van der Waals surface area contributed by atoms with Crippen molar-refractivity contribution in [1.82, 2.24) is 29.4 Å². The number of benzene rings is 1. The van der Waals surface area contributed by atoms with Gasteiger partial charge in [0.2, 0.25) is 0 Å². The van der Waals surface area contributed by atoms with E-state index < -0.39 is 0 Å². The van der Waals surface area contributed by atoms with Crippen LogP contribution >= 0.6 is 0 Å². The summed E-state index contributed by atoms with van der Waals surface area (Å²) in [5.41, 5.74) is 3.71. The van der Waals surface area contributed by atoms with E-state index in [-0.39, 0.29) is 18.9 Å². The molecule has 0 saturated carbocycles. The van der Waals surface area contributed by atoms with Crippen molar-refractivity contribution in [3.05, 3.63) is 78.6 Å². The van der Waals surface area contributed by atoms with Crippen LogP contribution in [0, 0.1) is 0 Å². The summed E-state index contributed by atoms with van der Waals surface area (Å²) in [6, 6.07) is 14.2. The highest BCUT2D eigenvalue weighted by Gasteiger charge is 2.30. The van der Waals surface area contributed by atoms with E-state index in [1.54, 1.807) is 18.7 Å². The van der Waals surface area contributed by atoms with E-state index in [2.05, 4.69) is 42.3 Å². The van der Waals surface area contributed by atoms with Gasteiger partial charge in [-0.25, -0.2) is 15.0 Å². The maximum atomic E-state index is 9.81. The molecule has 0 amide bonds. The van der Waals surface area contributed by atoms with Crippen LogP contribution in [0.5, 0.6) is 0 Å². The van der Waals surface area contributed by atoms with Crippen LogP contribution in [-0.4, -0.2) is 60.3 Å². The third kappa shape index (κ3) is 4.45. The highest BCUT2D eigenvalue weighted by Crippen LogP contribution is 2.26. The number of imidazole rings is 1. The lowest BCUT2D eigenvalue weighted by molar-refractivity contribution is -0.135. The largest absolute Gasteiger partial charge is 0.394 e. The van der Waals surface area contributed by atoms with Crippen molar-refractivity contribution in [1.29, 1.82) is 0 Å². The molecule has 0 spiro atoms. The highest BCUT2D eigenvalue weighted by molar-refractivity contribution is 5.82. The average Bonchev–Trinajstić information content (AvgIpc) is 3.29. The van der Waals surface area contributed by atoms with Crippen molar-refractivity contribution in [2.45, 2.75) is 25.4 Å². The van der Waals surface area contributed by atoms with Gasteiger partial charge in [0.1, 0.15) is 12.6 Å². The van der Waals surface area contributed by atoms with E-state index in [0.717, 1.165) is 12.1 Å². The van der Waals surface area contributed by atoms with Crippen molar-refractivity contribution >= 4 is 17.0 Å². The van der Waals surface area contributed by atoms with Crippen LogP contribution in [0.25, 0.3) is 11.2 Å². The maximum absolute atomic E-state index is 9.81. The zero-order chi connectivity index (χ0) is 21.8. The molecule has 0 radical (unpaired) electrons. The predicted octanol–water partition coefficient (Wildman–Crippen LogP) is 2.23. The fourth-order valence-corrected chi connectivity index (χ4v) is 4.00. The minimum atomic E-state index is -0.308. The molecule has 1 aliphatic heterocycles. The van der Waals surface area contributed by atoms with Gasteiger partial charge in [0.05, 0.1) is 19.0 Å². The summed E-state index contributed by atoms with van der Waals surface area (Å²) in [7, 11) is 0. The Morgan fingerprint density at radius 2 is 1.84 bits per heavy atom. The standard InChI is InChI=1S/C23H25N7O2/c31-14-19-12-29(11-18-4-2-1-3-5-18)13-20(32-19)30-16-28-21-22(26-15-27-23(21)30)25-10-17-6-8-24-9-7-17/h1-9,15-16,19-20,31H,10-14H2,(H,25,26,27)/t19-,20+/m0/s1. The third-order valence-corrected chi connectivity index (χ3v) is 5.56. The SMILES string of the molecule is OC[C@@H]1CN(Cc2ccccc2)C[C@H](n2cnc3c(NCc4ccncc4)ncnc32)O1. The topological polar surface area (TPSA) is 101 Å². The number of morpholine rings is 1. The van der Waals surface area contributed by atoms with Crippen LogP contribution in [0.15, 0.2) is 67.5 Å². The van der Waals surface area contributed by atoms with Gasteiger partial charge in [-0.1, -0.05) is 30.3 Å². The molecule has 9 nitrogen and oxygen atoms in total. The predicted molar refractivity (Wildman–Crippen MR) is 120 cm³/mol. The fourth-order valence-electron chi connectivity index (χ4n) is 4.00. The Balaban J connectivity index is 1.37. The van der Waals surface area contributed by atoms with E-state index in [0.29, 0.717) is 36.6 Å². The smallest absolute Gasteiger partial charge is 0.167 e. The van der Waals surface area contributed by atoms with Gasteiger partial charge >= 0.3 is 0 Å². The van der Waals surface area contributed by atoms with E-state index in [1.165, 1.54) is 11.9 Å².